The van der Waals surface area contributed by atoms with Gasteiger partial charge >= 0.3 is 0 Å². The van der Waals surface area contributed by atoms with Gasteiger partial charge < -0.3 is 15.0 Å². The molecule has 0 fully saturated rings. The average Bonchev–Trinajstić information content (AvgIpc) is 2.44. The van der Waals surface area contributed by atoms with Gasteiger partial charge in [0.15, 0.2) is 4.77 Å². The van der Waals surface area contributed by atoms with Crippen molar-refractivity contribution in [1.29, 1.82) is 0 Å². The molecule has 7 heteroatoms. The molecule has 1 amide bonds. The van der Waals surface area contributed by atoms with Gasteiger partial charge in [0, 0.05) is 13.7 Å². The Bertz CT molecular complexity index is 735. The molecule has 2 rings (SSSR count). The van der Waals surface area contributed by atoms with Crippen LogP contribution in [-0.2, 0) is 16.1 Å². The number of H-pyrrole nitrogens is 1. The molecule has 0 bridgehead atoms. The van der Waals surface area contributed by atoms with Crippen LogP contribution in [0.5, 0.6) is 0 Å². The molecule has 106 valence electrons. The zero-order valence-corrected chi connectivity index (χ0v) is 11.8. The number of carbonyl (C=O) groups is 1. The number of methoxy groups -OCH3 is 1. The minimum atomic E-state index is -0.279. The van der Waals surface area contributed by atoms with Crippen molar-refractivity contribution >= 4 is 29.0 Å². The van der Waals surface area contributed by atoms with Gasteiger partial charge in [-0.05, 0) is 24.4 Å². The summed E-state index contributed by atoms with van der Waals surface area (Å²) in [6.45, 7) is 0.710. The number of ether oxygens (including phenoxy) is 1. The van der Waals surface area contributed by atoms with Crippen molar-refractivity contribution in [3.63, 3.8) is 0 Å². The molecule has 0 radical (unpaired) electrons. The Morgan fingerprint density at radius 1 is 1.45 bits per heavy atom. The number of benzene rings is 1. The number of aromatic nitrogens is 2. The lowest BCUT2D eigenvalue weighted by atomic mass is 10.2. The van der Waals surface area contributed by atoms with E-state index in [1.807, 2.05) is 6.07 Å². The van der Waals surface area contributed by atoms with E-state index in [9.17, 15) is 9.59 Å². The topological polar surface area (TPSA) is 76.1 Å². The van der Waals surface area contributed by atoms with E-state index in [-0.39, 0.29) is 22.8 Å². The summed E-state index contributed by atoms with van der Waals surface area (Å²) in [7, 11) is 1.55. The number of hydrogen-bond acceptors (Lipinski definition) is 4. The fourth-order valence-corrected chi connectivity index (χ4v) is 2.09. The van der Waals surface area contributed by atoms with Crippen LogP contribution in [0.4, 0.5) is 0 Å². The van der Waals surface area contributed by atoms with Crippen molar-refractivity contribution in [2.75, 3.05) is 20.3 Å². The Kier molecular flexibility index (Phi) is 4.65. The summed E-state index contributed by atoms with van der Waals surface area (Å²) >= 11 is 5.12. The van der Waals surface area contributed by atoms with Gasteiger partial charge in [-0.15, -0.1) is 0 Å². The second-order valence-corrected chi connectivity index (χ2v) is 4.60. The first kappa shape index (κ1) is 14.4. The van der Waals surface area contributed by atoms with Crippen molar-refractivity contribution in [2.45, 2.75) is 6.54 Å². The molecule has 0 saturated carbocycles. The summed E-state index contributed by atoms with van der Waals surface area (Å²) in [4.78, 5) is 27.0. The highest BCUT2D eigenvalue weighted by Gasteiger charge is 2.08. The highest BCUT2D eigenvalue weighted by Crippen LogP contribution is 2.05. The van der Waals surface area contributed by atoms with Crippen LogP contribution in [-0.4, -0.2) is 35.7 Å². The molecule has 0 spiro atoms. The van der Waals surface area contributed by atoms with Crippen molar-refractivity contribution in [3.8, 4) is 0 Å². The number of nitrogens with one attached hydrogen (secondary N) is 2. The predicted molar refractivity (Wildman–Crippen MR) is 78.3 cm³/mol. The number of aromatic amines is 1. The number of hydrogen-bond donors (Lipinski definition) is 2. The summed E-state index contributed by atoms with van der Waals surface area (Å²) < 4.78 is 6.32. The monoisotopic (exact) mass is 293 g/mol. The normalized spacial score (nSPS) is 10.7. The number of carbonyl (C=O) groups excluding carboxylic acids is 1. The van der Waals surface area contributed by atoms with Crippen molar-refractivity contribution in [1.82, 2.24) is 14.9 Å². The maximum atomic E-state index is 12.3. The maximum absolute atomic E-state index is 12.3. The Labute approximate surface area is 120 Å². The number of fused-ring (bicyclic) bond motifs is 1. The zero-order chi connectivity index (χ0) is 14.5. The lowest BCUT2D eigenvalue weighted by Gasteiger charge is -2.08. The van der Waals surface area contributed by atoms with E-state index >= 15 is 0 Å². The molecule has 1 aromatic carbocycles. The summed E-state index contributed by atoms with van der Waals surface area (Å²) in [5, 5.41) is 3.16. The van der Waals surface area contributed by atoms with Crippen LogP contribution < -0.4 is 10.9 Å². The molecule has 0 saturated heterocycles. The summed E-state index contributed by atoms with van der Waals surface area (Å²) in [6.07, 6.45) is 0. The number of nitrogens with zero attached hydrogens (tertiary/aromatic N) is 1. The molecule has 6 nitrogen and oxygen atoms in total. The fraction of sp³-hybridized carbons (Fsp3) is 0.308. The molecular formula is C13H15N3O3S. The smallest absolute Gasteiger partial charge is 0.262 e. The third-order valence-corrected chi connectivity index (χ3v) is 3.14. The average molecular weight is 293 g/mol. The summed E-state index contributed by atoms with van der Waals surface area (Å²) in [6, 6.07) is 7.05. The second-order valence-electron chi connectivity index (χ2n) is 4.21. The van der Waals surface area contributed by atoms with E-state index < -0.39 is 0 Å². The quantitative estimate of drug-likeness (QED) is 0.632. The summed E-state index contributed by atoms with van der Waals surface area (Å²) in [5.41, 5.74) is 0.393. The first-order valence-electron chi connectivity index (χ1n) is 6.11. The minimum Gasteiger partial charge on any atom is -0.383 e. The third kappa shape index (κ3) is 3.12. The molecule has 0 aliphatic carbocycles. The Morgan fingerprint density at radius 3 is 2.95 bits per heavy atom. The van der Waals surface area contributed by atoms with Gasteiger partial charge in [0.2, 0.25) is 5.91 Å². The molecule has 0 unspecified atom stereocenters. The molecule has 2 N–H and O–H groups in total. The number of rotatable bonds is 5. The molecule has 0 aliphatic rings. The van der Waals surface area contributed by atoms with E-state index in [4.69, 9.17) is 17.0 Å². The molecule has 20 heavy (non-hydrogen) atoms. The van der Waals surface area contributed by atoms with Crippen LogP contribution >= 0.6 is 12.2 Å². The lowest BCUT2D eigenvalue weighted by Crippen LogP contribution is -2.34. The van der Waals surface area contributed by atoms with Crippen LogP contribution in [0.2, 0.25) is 0 Å². The summed E-state index contributed by atoms with van der Waals surface area (Å²) in [5.74, 6) is -0.279. The van der Waals surface area contributed by atoms with Gasteiger partial charge in [0.1, 0.15) is 6.54 Å². The van der Waals surface area contributed by atoms with E-state index in [1.54, 1.807) is 25.3 Å². The van der Waals surface area contributed by atoms with Gasteiger partial charge in [0.05, 0.1) is 17.5 Å². The number of para-hydroxylation sites is 1. The highest BCUT2D eigenvalue weighted by atomic mass is 32.1. The lowest BCUT2D eigenvalue weighted by molar-refractivity contribution is -0.121. The van der Waals surface area contributed by atoms with E-state index in [0.717, 1.165) is 0 Å². The Morgan fingerprint density at radius 2 is 2.20 bits per heavy atom. The largest absolute Gasteiger partial charge is 0.383 e. The standard InChI is InChI=1S/C13H15N3O3S/c1-19-7-6-14-11(17)8-16-12(18)9-4-2-3-5-10(9)15-13(16)20/h2-5H,6-8H2,1H3,(H,14,17)(H,15,20). The highest BCUT2D eigenvalue weighted by molar-refractivity contribution is 7.71. The molecular weight excluding hydrogens is 278 g/mol. The molecule has 1 heterocycles. The first-order valence-corrected chi connectivity index (χ1v) is 6.52. The molecule has 0 atom stereocenters. The van der Waals surface area contributed by atoms with Gasteiger partial charge in [-0.25, -0.2) is 0 Å². The van der Waals surface area contributed by atoms with Crippen molar-refractivity contribution < 1.29 is 9.53 Å². The van der Waals surface area contributed by atoms with Gasteiger partial charge in [-0.1, -0.05) is 12.1 Å². The van der Waals surface area contributed by atoms with Gasteiger partial charge in [0.25, 0.3) is 5.56 Å². The van der Waals surface area contributed by atoms with Crippen LogP contribution in [0.15, 0.2) is 29.1 Å². The SMILES string of the molecule is COCCNC(=O)Cn1c(=S)[nH]c2ccccc2c1=O. The Hall–Kier alpha value is -1.99. The van der Waals surface area contributed by atoms with Gasteiger partial charge in [-0.2, -0.15) is 0 Å². The van der Waals surface area contributed by atoms with Gasteiger partial charge in [-0.3, -0.25) is 14.2 Å². The molecule has 0 aliphatic heterocycles. The van der Waals surface area contributed by atoms with Crippen LogP contribution in [0.25, 0.3) is 10.9 Å². The fourth-order valence-electron chi connectivity index (χ4n) is 1.83. The Balaban J connectivity index is 2.28. The second kappa shape index (κ2) is 6.44. The van der Waals surface area contributed by atoms with Crippen LogP contribution in [0, 0.1) is 4.77 Å². The third-order valence-electron chi connectivity index (χ3n) is 2.82. The van der Waals surface area contributed by atoms with E-state index in [2.05, 4.69) is 10.3 Å². The molecule has 2 aromatic rings. The number of amides is 1. The maximum Gasteiger partial charge on any atom is 0.262 e. The molecule has 1 aromatic heterocycles. The van der Waals surface area contributed by atoms with Crippen LogP contribution in [0.3, 0.4) is 0 Å². The van der Waals surface area contributed by atoms with Crippen molar-refractivity contribution in [3.05, 3.63) is 39.4 Å². The van der Waals surface area contributed by atoms with Crippen LogP contribution in [0.1, 0.15) is 0 Å². The van der Waals surface area contributed by atoms with Crippen molar-refractivity contribution in [2.24, 2.45) is 0 Å². The van der Waals surface area contributed by atoms with E-state index in [1.165, 1.54) is 4.57 Å². The minimum absolute atomic E-state index is 0.108. The predicted octanol–water partition coefficient (Wildman–Crippen LogP) is 0.822. The van der Waals surface area contributed by atoms with E-state index in [0.29, 0.717) is 24.1 Å². The zero-order valence-electron chi connectivity index (χ0n) is 11.0. The first-order chi connectivity index (χ1) is 9.63.